The minimum Gasteiger partial charge on any atom is -0.508 e. The van der Waals surface area contributed by atoms with E-state index in [4.69, 9.17) is 10.6 Å². The van der Waals surface area contributed by atoms with Crippen LogP contribution in [-0.4, -0.2) is 45.5 Å². The fourth-order valence-corrected chi connectivity index (χ4v) is 7.23. The molecule has 4 N–H and O–H groups in total. The molecule has 0 aliphatic carbocycles. The second-order valence-electron chi connectivity index (χ2n) is 9.74. The van der Waals surface area contributed by atoms with Crippen LogP contribution < -0.4 is 11.2 Å². The Morgan fingerprint density at radius 2 is 1.65 bits per heavy atom. The van der Waals surface area contributed by atoms with E-state index in [1.165, 1.54) is 16.7 Å². The number of aromatic hydroxyl groups is 1. The fourth-order valence-electron chi connectivity index (χ4n) is 5.54. The average molecular weight is 556 g/mol. The number of nitrogens with zero attached hydrogens (tertiary/aromatic N) is 1. The molecule has 0 aromatic heterocycles. The van der Waals surface area contributed by atoms with Crippen LogP contribution in [0.15, 0.2) is 108 Å². The summed E-state index contributed by atoms with van der Waals surface area (Å²) in [6, 6.07) is 26.3. The number of allylic oxidation sites excluding steroid dienone is 1. The second-order valence-corrected chi connectivity index (χ2v) is 10.8. The zero-order valence-electron chi connectivity index (χ0n) is 21.9. The van der Waals surface area contributed by atoms with Gasteiger partial charge in [0.25, 0.3) is 5.91 Å². The van der Waals surface area contributed by atoms with Crippen LogP contribution in [0.1, 0.15) is 29.5 Å². The molecule has 2 aliphatic rings. The highest BCUT2D eigenvalue weighted by Crippen LogP contribution is 2.61. The Kier molecular flexibility index (Phi) is 7.51. The van der Waals surface area contributed by atoms with E-state index in [0.717, 1.165) is 11.1 Å². The summed E-state index contributed by atoms with van der Waals surface area (Å²) in [5.41, 5.74) is 10.1. The first kappa shape index (κ1) is 27.2. The van der Waals surface area contributed by atoms with Crippen molar-refractivity contribution in [3.63, 3.8) is 0 Å². The molecular weight excluding hydrogens is 526 g/mol. The highest BCUT2D eigenvalue weighted by molar-refractivity contribution is 8.00. The quantitative estimate of drug-likeness (QED) is 0.300. The number of phenols is 1. The molecule has 2 atom stereocenters. The van der Waals surface area contributed by atoms with E-state index in [-0.39, 0.29) is 23.9 Å². The first-order valence-corrected chi connectivity index (χ1v) is 13.8. The Labute approximate surface area is 236 Å². The molecule has 1 fully saturated rings. The van der Waals surface area contributed by atoms with Crippen LogP contribution in [0.2, 0.25) is 0 Å². The monoisotopic (exact) mass is 555 g/mol. The lowest BCUT2D eigenvalue weighted by Crippen LogP contribution is -2.73. The first-order valence-electron chi connectivity index (χ1n) is 12.7. The number of hydrogen-bond donors (Lipinski definition) is 3. The zero-order valence-corrected chi connectivity index (χ0v) is 22.7. The van der Waals surface area contributed by atoms with Crippen LogP contribution in [0.25, 0.3) is 0 Å². The van der Waals surface area contributed by atoms with Gasteiger partial charge in [0.2, 0.25) is 5.91 Å². The summed E-state index contributed by atoms with van der Waals surface area (Å²) in [5.74, 6) is -1.78. The van der Waals surface area contributed by atoms with E-state index < -0.39 is 28.6 Å². The molecular formula is C31H29N3O5S. The topological polar surface area (TPSA) is 122 Å². The van der Waals surface area contributed by atoms with Crippen molar-refractivity contribution in [1.29, 1.82) is 0 Å². The normalized spacial score (nSPS) is 20.0. The van der Waals surface area contributed by atoms with Crippen LogP contribution in [0.5, 0.6) is 5.75 Å². The molecule has 2 amide bonds. The van der Waals surface area contributed by atoms with Crippen molar-refractivity contribution < 1.29 is 24.3 Å². The second kappa shape index (κ2) is 11.0. The van der Waals surface area contributed by atoms with E-state index in [1.807, 2.05) is 66.1 Å². The fraction of sp³-hybridized carbons (Fsp3) is 0.194. The van der Waals surface area contributed by atoms with Crippen molar-refractivity contribution >= 4 is 29.5 Å². The molecule has 1 unspecified atom stereocenters. The molecule has 3 aromatic rings. The molecule has 0 saturated carbocycles. The number of benzene rings is 3. The van der Waals surface area contributed by atoms with Crippen molar-refractivity contribution in [3.8, 4) is 5.75 Å². The summed E-state index contributed by atoms with van der Waals surface area (Å²) in [6.07, 6.45) is 0. The Morgan fingerprint density at radius 3 is 2.17 bits per heavy atom. The molecule has 2 aliphatic heterocycles. The van der Waals surface area contributed by atoms with Gasteiger partial charge in [0.05, 0.1) is 6.54 Å². The van der Waals surface area contributed by atoms with Crippen molar-refractivity contribution in [1.82, 2.24) is 10.4 Å². The van der Waals surface area contributed by atoms with Gasteiger partial charge in [0.15, 0.2) is 0 Å². The molecule has 204 valence electrons. The van der Waals surface area contributed by atoms with Crippen LogP contribution in [0.3, 0.4) is 0 Å². The molecule has 3 aromatic carbocycles. The number of nitrogens with one attached hydrogen (secondary N) is 1. The van der Waals surface area contributed by atoms with Crippen molar-refractivity contribution in [2.75, 3.05) is 12.3 Å². The molecule has 0 spiro atoms. The van der Waals surface area contributed by atoms with Crippen molar-refractivity contribution in [3.05, 3.63) is 125 Å². The average Bonchev–Trinajstić information content (AvgIpc) is 2.98. The number of fused-ring (bicyclic) bond motifs is 1. The van der Waals surface area contributed by atoms with Gasteiger partial charge >= 0.3 is 5.97 Å². The summed E-state index contributed by atoms with van der Waals surface area (Å²) in [4.78, 5) is 46.3. The predicted octanol–water partition coefficient (Wildman–Crippen LogP) is 3.74. The Balaban J connectivity index is 1.70. The third-order valence-electron chi connectivity index (χ3n) is 7.33. The highest BCUT2D eigenvalue weighted by atomic mass is 32.2. The summed E-state index contributed by atoms with van der Waals surface area (Å²) < 4.78 is 0. The van der Waals surface area contributed by atoms with Gasteiger partial charge < -0.3 is 15.7 Å². The summed E-state index contributed by atoms with van der Waals surface area (Å²) in [5, 5.41) is 9.59. The minimum absolute atomic E-state index is 0.0489. The van der Waals surface area contributed by atoms with Crippen LogP contribution >= 0.6 is 11.8 Å². The zero-order chi connectivity index (χ0) is 28.4. The lowest BCUT2D eigenvalue weighted by Gasteiger charge is -2.60. The number of thioether (sulfide) groups is 1. The van der Waals surface area contributed by atoms with Gasteiger partial charge in [-0.2, -0.15) is 5.48 Å². The third-order valence-corrected chi connectivity index (χ3v) is 8.68. The van der Waals surface area contributed by atoms with Crippen LogP contribution in [0.4, 0.5) is 0 Å². The Morgan fingerprint density at radius 1 is 1.07 bits per heavy atom. The largest absolute Gasteiger partial charge is 0.508 e. The molecule has 2 heterocycles. The number of β-lactam (4-membered cyclic amide) rings is 1. The van der Waals surface area contributed by atoms with Gasteiger partial charge in [-0.25, -0.2) is 4.79 Å². The maximum atomic E-state index is 14.7. The molecule has 40 heavy (non-hydrogen) atoms. The van der Waals surface area contributed by atoms with Crippen LogP contribution in [-0.2, 0) is 24.6 Å². The smallest absolute Gasteiger partial charge is 0.379 e. The van der Waals surface area contributed by atoms with Crippen LogP contribution in [0, 0.1) is 0 Å². The Bertz CT molecular complexity index is 1450. The predicted molar refractivity (Wildman–Crippen MR) is 153 cm³/mol. The van der Waals surface area contributed by atoms with E-state index in [9.17, 15) is 19.5 Å². The number of amides is 2. The lowest BCUT2D eigenvalue weighted by atomic mass is 9.59. The number of hydroxylamine groups is 1. The lowest BCUT2D eigenvalue weighted by molar-refractivity contribution is -0.163. The van der Waals surface area contributed by atoms with Crippen molar-refractivity contribution in [2.45, 2.75) is 23.6 Å². The number of rotatable bonds is 7. The highest BCUT2D eigenvalue weighted by Gasteiger charge is 2.69. The van der Waals surface area contributed by atoms with Gasteiger partial charge in [-0.05, 0) is 41.3 Å². The van der Waals surface area contributed by atoms with Crippen molar-refractivity contribution in [2.24, 2.45) is 5.73 Å². The third kappa shape index (κ3) is 4.47. The van der Waals surface area contributed by atoms with Gasteiger partial charge in [-0.3, -0.25) is 14.5 Å². The molecule has 5 rings (SSSR count). The van der Waals surface area contributed by atoms with E-state index in [1.54, 1.807) is 31.2 Å². The van der Waals surface area contributed by atoms with Gasteiger partial charge in [-0.1, -0.05) is 84.9 Å². The summed E-state index contributed by atoms with van der Waals surface area (Å²) in [7, 11) is 0. The number of phenolic OH excluding ortho intramolecular Hbond substituents is 1. The number of nitrogens with two attached hydrogens (primary N) is 1. The maximum Gasteiger partial charge on any atom is 0.379 e. The maximum absolute atomic E-state index is 14.7. The van der Waals surface area contributed by atoms with E-state index in [0.29, 0.717) is 22.5 Å². The minimum atomic E-state index is -1.13. The standard InChI is InChI=1S/C31H29N3O5S/c1-19(2)24-18-40-30-31(22-13-15-23(35)16-14-22,29(38)34(30)27(24)28(37)39-33-25(36)17-32)26(20-9-5-3-6-10-20)21-11-7-4-8-12-21/h3-16,26,30,35H,1,17-18,32H2,2H3,(H,33,36)/t30-,31?/m0/s1. The number of carbonyl (C=O) groups is 3. The van der Waals surface area contributed by atoms with E-state index in [2.05, 4.69) is 6.58 Å². The molecule has 9 heteroatoms. The molecule has 0 radical (unpaired) electrons. The van der Waals surface area contributed by atoms with E-state index >= 15 is 0 Å². The van der Waals surface area contributed by atoms with Gasteiger partial charge in [0.1, 0.15) is 22.2 Å². The SMILES string of the molecule is C=C(C)C1=C(C(=O)ONC(=O)CN)N2C(=O)C(c3ccc(O)cc3)(C(c3ccccc3)c3ccccc3)[C@@H]2SC1. The summed E-state index contributed by atoms with van der Waals surface area (Å²) >= 11 is 1.54. The molecule has 0 bridgehead atoms. The molecule has 8 nitrogen and oxygen atoms in total. The first-order chi connectivity index (χ1) is 19.3. The Hall–Kier alpha value is -4.34. The molecule has 1 saturated heterocycles. The summed E-state index contributed by atoms with van der Waals surface area (Å²) in [6.45, 7) is 5.41. The van der Waals surface area contributed by atoms with Gasteiger partial charge in [0, 0.05) is 11.7 Å². The van der Waals surface area contributed by atoms with Gasteiger partial charge in [-0.15, -0.1) is 11.8 Å². The number of hydrogen-bond acceptors (Lipinski definition) is 7. The number of carbonyl (C=O) groups excluding carboxylic acids is 3.